The maximum Gasteiger partial charge on any atom is 1.00 e. The van der Waals surface area contributed by atoms with Crippen LogP contribution in [0.15, 0.2) is 0 Å². The summed E-state index contributed by atoms with van der Waals surface area (Å²) >= 11 is 0. The van der Waals surface area contributed by atoms with Gasteiger partial charge in [0.2, 0.25) is 0 Å². The first-order valence-electron chi connectivity index (χ1n) is 25.6. The molecule has 0 aliphatic carbocycles. The Morgan fingerprint density at radius 2 is 0.473 bits per heavy atom. The molecule has 0 aliphatic rings. The van der Waals surface area contributed by atoms with Crippen LogP contribution in [0.1, 0.15) is 303 Å². The minimum Gasteiger partial charge on any atom is -0.548 e. The minimum absolute atomic E-state index is 0. The van der Waals surface area contributed by atoms with Crippen molar-refractivity contribution < 1.29 is 28.8 Å². The Bertz CT molecular complexity index is 654. The van der Waals surface area contributed by atoms with Gasteiger partial charge in [-0.3, -0.25) is 4.90 Å². The standard InChI is InChI=1S/C51H103NO2.Li/c1-4-6-8-10-12-14-16-18-20-22-24-26-28-30-32-34-36-38-40-42-44-46-48-52(50(3)51(53)54)49-47-45-43-41-39-37-35-33-31-29-27-25-23-21-19-17-15-13-11-9-7-5-2;/h50H,4-49H2,1-3H3,(H,53,54);/q;+1/p-1. The van der Waals surface area contributed by atoms with Crippen LogP contribution in [0.5, 0.6) is 0 Å². The first kappa shape index (κ1) is 57.1. The van der Waals surface area contributed by atoms with E-state index in [4.69, 9.17) is 0 Å². The minimum atomic E-state index is -0.910. The predicted molar refractivity (Wildman–Crippen MR) is 241 cm³/mol. The second kappa shape index (κ2) is 50.2. The number of carboxylic acids is 1. The molecule has 0 bridgehead atoms. The normalized spacial score (nSPS) is 12.1. The molecule has 0 radical (unpaired) electrons. The van der Waals surface area contributed by atoms with Gasteiger partial charge in [0.1, 0.15) is 0 Å². The van der Waals surface area contributed by atoms with Crippen LogP contribution >= 0.6 is 0 Å². The van der Waals surface area contributed by atoms with Gasteiger partial charge in [0.25, 0.3) is 0 Å². The summed E-state index contributed by atoms with van der Waals surface area (Å²) in [6.07, 6.45) is 61.7. The van der Waals surface area contributed by atoms with Crippen molar-refractivity contribution in [2.75, 3.05) is 13.1 Å². The Hall–Kier alpha value is 0.0274. The van der Waals surface area contributed by atoms with Gasteiger partial charge in [-0.15, -0.1) is 0 Å². The zero-order valence-electron chi connectivity index (χ0n) is 38.9. The molecule has 0 aromatic rings. The van der Waals surface area contributed by atoms with E-state index in [2.05, 4.69) is 18.7 Å². The van der Waals surface area contributed by atoms with Crippen LogP contribution in [-0.4, -0.2) is 30.0 Å². The molecule has 0 aromatic carbocycles. The zero-order valence-corrected chi connectivity index (χ0v) is 38.9. The average Bonchev–Trinajstić information content (AvgIpc) is 3.17. The summed E-state index contributed by atoms with van der Waals surface area (Å²) in [5, 5.41) is 11.6. The molecule has 0 heterocycles. The fourth-order valence-corrected chi connectivity index (χ4v) is 8.50. The Labute approximate surface area is 360 Å². The molecule has 0 fully saturated rings. The van der Waals surface area contributed by atoms with Crippen LogP contribution in [0.4, 0.5) is 0 Å². The van der Waals surface area contributed by atoms with Gasteiger partial charge in [-0.25, -0.2) is 0 Å². The second-order valence-corrected chi connectivity index (χ2v) is 17.9. The number of carbonyl (C=O) groups is 1. The SMILES string of the molecule is CCCCCCCCCCCCCCCCCCCCCCCCN(CCCCCCCCCCCCCCCCCCCCCCCC)C(C)C(=O)[O-].[Li+]. The maximum absolute atomic E-state index is 11.6. The van der Waals surface area contributed by atoms with Gasteiger partial charge in [-0.2, -0.15) is 0 Å². The first-order chi connectivity index (χ1) is 26.6. The monoisotopic (exact) mass is 768 g/mol. The molecule has 55 heavy (non-hydrogen) atoms. The number of rotatable bonds is 48. The van der Waals surface area contributed by atoms with Gasteiger partial charge in [-0.1, -0.05) is 284 Å². The number of hydrogen-bond donors (Lipinski definition) is 0. The van der Waals surface area contributed by atoms with E-state index < -0.39 is 12.0 Å². The van der Waals surface area contributed by atoms with E-state index in [1.807, 2.05) is 6.92 Å². The first-order valence-corrected chi connectivity index (χ1v) is 25.6. The molecule has 0 saturated heterocycles. The summed E-state index contributed by atoms with van der Waals surface area (Å²) in [5.74, 6) is -0.910. The van der Waals surface area contributed by atoms with Crippen LogP contribution in [0.25, 0.3) is 0 Å². The molecule has 0 aliphatic heterocycles. The van der Waals surface area contributed by atoms with Crippen LogP contribution in [0.2, 0.25) is 0 Å². The van der Waals surface area contributed by atoms with Crippen molar-refractivity contribution in [1.29, 1.82) is 0 Å². The molecule has 0 spiro atoms. The van der Waals surface area contributed by atoms with Crippen LogP contribution in [0, 0.1) is 0 Å². The Morgan fingerprint density at radius 1 is 0.327 bits per heavy atom. The van der Waals surface area contributed by atoms with Crippen molar-refractivity contribution in [3.05, 3.63) is 0 Å². The van der Waals surface area contributed by atoms with Crippen molar-refractivity contribution in [2.45, 2.75) is 309 Å². The van der Waals surface area contributed by atoms with E-state index in [9.17, 15) is 9.90 Å². The summed E-state index contributed by atoms with van der Waals surface area (Å²) in [6.45, 7) is 8.25. The smallest absolute Gasteiger partial charge is 0.548 e. The van der Waals surface area contributed by atoms with Crippen molar-refractivity contribution in [3.63, 3.8) is 0 Å². The van der Waals surface area contributed by atoms with Gasteiger partial charge >= 0.3 is 18.9 Å². The molecule has 0 amide bonds. The molecule has 4 heteroatoms. The van der Waals surface area contributed by atoms with Gasteiger partial charge in [0, 0.05) is 6.04 Å². The second-order valence-electron chi connectivity index (χ2n) is 17.9. The number of carbonyl (C=O) groups excluding carboxylic acids is 1. The van der Waals surface area contributed by atoms with Crippen LogP contribution in [-0.2, 0) is 4.79 Å². The van der Waals surface area contributed by atoms with E-state index in [-0.39, 0.29) is 18.9 Å². The third-order valence-electron chi connectivity index (χ3n) is 12.5. The van der Waals surface area contributed by atoms with Crippen molar-refractivity contribution in [1.82, 2.24) is 4.90 Å². The fraction of sp³-hybridized carbons (Fsp3) is 0.980. The third-order valence-corrected chi connectivity index (χ3v) is 12.5. The summed E-state index contributed by atoms with van der Waals surface area (Å²) in [6, 6.07) is -0.463. The van der Waals surface area contributed by atoms with E-state index >= 15 is 0 Å². The number of aliphatic carboxylic acids is 1. The molecule has 0 saturated carbocycles. The van der Waals surface area contributed by atoms with Gasteiger partial charge in [-0.05, 0) is 32.9 Å². The number of nitrogens with zero attached hydrogens (tertiary/aromatic N) is 1. The third kappa shape index (κ3) is 46.6. The Balaban J connectivity index is 0. The molecule has 0 N–H and O–H groups in total. The Kier molecular flexibility index (Phi) is 52.1. The summed E-state index contributed by atoms with van der Waals surface area (Å²) in [4.78, 5) is 13.8. The summed E-state index contributed by atoms with van der Waals surface area (Å²) in [5.41, 5.74) is 0. The molecule has 1 atom stereocenters. The molecular weight excluding hydrogens is 666 g/mol. The quantitative estimate of drug-likeness (QED) is 0.0457. The molecule has 0 rings (SSSR count). The van der Waals surface area contributed by atoms with E-state index in [0.29, 0.717) is 0 Å². The average molecular weight is 768 g/mol. The molecule has 1 unspecified atom stereocenters. The number of hydrogen-bond acceptors (Lipinski definition) is 3. The predicted octanol–water partition coefficient (Wildman–Crippen LogP) is 13.6. The molecule has 324 valence electrons. The molecule has 3 nitrogen and oxygen atoms in total. The van der Waals surface area contributed by atoms with Crippen molar-refractivity contribution in [3.8, 4) is 0 Å². The fourth-order valence-electron chi connectivity index (χ4n) is 8.50. The van der Waals surface area contributed by atoms with Crippen molar-refractivity contribution in [2.24, 2.45) is 0 Å². The zero-order chi connectivity index (χ0) is 39.3. The van der Waals surface area contributed by atoms with E-state index in [0.717, 1.165) is 25.9 Å². The van der Waals surface area contributed by atoms with E-state index in [1.54, 1.807) is 0 Å². The molecular formula is C51H102LiNO2. The van der Waals surface area contributed by atoms with Gasteiger partial charge < -0.3 is 9.90 Å². The Morgan fingerprint density at radius 3 is 0.618 bits per heavy atom. The van der Waals surface area contributed by atoms with Crippen molar-refractivity contribution >= 4 is 5.97 Å². The van der Waals surface area contributed by atoms with Gasteiger partial charge in [0.15, 0.2) is 0 Å². The van der Waals surface area contributed by atoms with Gasteiger partial charge in [0.05, 0.1) is 5.97 Å². The summed E-state index contributed by atoms with van der Waals surface area (Å²) in [7, 11) is 0. The van der Waals surface area contributed by atoms with E-state index in [1.165, 1.54) is 270 Å². The molecule has 0 aromatic heterocycles. The topological polar surface area (TPSA) is 43.4 Å². The largest absolute Gasteiger partial charge is 1.00 e. The number of carboxylic acid groups (broad SMARTS) is 1. The maximum atomic E-state index is 11.6. The number of unbranched alkanes of at least 4 members (excludes halogenated alkanes) is 42. The van der Waals surface area contributed by atoms with Crippen LogP contribution in [0.3, 0.4) is 0 Å². The van der Waals surface area contributed by atoms with Crippen LogP contribution < -0.4 is 24.0 Å². The summed E-state index contributed by atoms with van der Waals surface area (Å²) < 4.78 is 0.